The fourth-order valence-corrected chi connectivity index (χ4v) is 5.36. The van der Waals surface area contributed by atoms with Crippen molar-refractivity contribution < 1.29 is 4.74 Å². The fourth-order valence-electron chi connectivity index (χ4n) is 4.27. The van der Waals surface area contributed by atoms with Gasteiger partial charge in [-0.15, -0.1) is 11.3 Å². The summed E-state index contributed by atoms with van der Waals surface area (Å²) < 4.78 is 10.5. The van der Waals surface area contributed by atoms with Crippen molar-refractivity contribution in [3.63, 3.8) is 0 Å². The Morgan fingerprint density at radius 3 is 2.36 bits per heavy atom. The molecule has 0 spiro atoms. The van der Waals surface area contributed by atoms with Gasteiger partial charge in [-0.1, -0.05) is 42.5 Å². The molecule has 0 aliphatic rings. The van der Waals surface area contributed by atoms with Crippen LogP contribution in [0.2, 0.25) is 0 Å². The second-order valence-corrected chi connectivity index (χ2v) is 8.07. The number of para-hydroxylation sites is 2. The molecule has 2 heterocycles. The minimum atomic E-state index is 0.895. The van der Waals surface area contributed by atoms with Gasteiger partial charge >= 0.3 is 0 Å². The maximum atomic E-state index is 5.52. The zero-order valence-corrected chi connectivity index (χ0v) is 16.2. The minimum Gasteiger partial charge on any atom is -0.497 e. The molecule has 0 radical (unpaired) electrons. The lowest BCUT2D eigenvalue weighted by Crippen LogP contribution is -1.93. The highest BCUT2D eigenvalue weighted by molar-refractivity contribution is 7.26. The molecule has 6 rings (SSSR count). The Bertz CT molecular complexity index is 1490. The van der Waals surface area contributed by atoms with E-state index in [0.29, 0.717) is 0 Å². The molecule has 0 bridgehead atoms. The second-order valence-electron chi connectivity index (χ2n) is 6.99. The summed E-state index contributed by atoms with van der Waals surface area (Å²) >= 11 is 1.84. The van der Waals surface area contributed by atoms with Crippen molar-refractivity contribution in [3.8, 4) is 11.4 Å². The van der Waals surface area contributed by atoms with Gasteiger partial charge in [0.15, 0.2) is 0 Å². The number of thiophene rings is 1. The van der Waals surface area contributed by atoms with Crippen LogP contribution < -0.4 is 4.74 Å². The number of nitrogens with zero attached hydrogens (tertiary/aromatic N) is 1. The van der Waals surface area contributed by atoms with Crippen LogP contribution in [0.5, 0.6) is 5.75 Å². The Kier molecular flexibility index (Phi) is 3.28. The number of hydrogen-bond donors (Lipinski definition) is 0. The van der Waals surface area contributed by atoms with Crippen LogP contribution in [0.25, 0.3) is 47.7 Å². The van der Waals surface area contributed by atoms with Gasteiger partial charge in [0, 0.05) is 36.6 Å². The van der Waals surface area contributed by atoms with E-state index >= 15 is 0 Å². The molecule has 0 unspecified atom stereocenters. The molecular weight excluding hydrogens is 362 g/mol. The SMILES string of the molecule is COc1ccc2sc3ccc4c5ccccc5n(-c5ccccc5)c4c3c2c1. The zero-order valence-electron chi connectivity index (χ0n) is 15.3. The average molecular weight is 379 g/mol. The number of aromatic nitrogens is 1. The van der Waals surface area contributed by atoms with E-state index in [4.69, 9.17) is 4.74 Å². The molecule has 6 aromatic rings. The van der Waals surface area contributed by atoms with E-state index in [1.807, 2.05) is 17.4 Å². The number of hydrogen-bond acceptors (Lipinski definition) is 2. The first-order valence-electron chi connectivity index (χ1n) is 9.33. The number of methoxy groups -OCH3 is 1. The molecule has 0 aliphatic heterocycles. The third kappa shape index (κ3) is 2.08. The van der Waals surface area contributed by atoms with E-state index in [9.17, 15) is 0 Å². The van der Waals surface area contributed by atoms with Gasteiger partial charge < -0.3 is 9.30 Å². The van der Waals surface area contributed by atoms with Crippen molar-refractivity contribution in [2.45, 2.75) is 0 Å². The van der Waals surface area contributed by atoms with Gasteiger partial charge in [-0.05, 0) is 42.5 Å². The number of fused-ring (bicyclic) bond motifs is 7. The van der Waals surface area contributed by atoms with E-state index in [1.54, 1.807) is 7.11 Å². The summed E-state index contributed by atoms with van der Waals surface area (Å²) in [4.78, 5) is 0. The molecule has 0 amide bonds. The highest BCUT2D eigenvalue weighted by Crippen LogP contribution is 2.43. The van der Waals surface area contributed by atoms with Crippen LogP contribution in [0.4, 0.5) is 0 Å². The third-order valence-corrected chi connectivity index (χ3v) is 6.62. The molecular formula is C25H17NOS. The Morgan fingerprint density at radius 1 is 0.714 bits per heavy atom. The summed E-state index contributed by atoms with van der Waals surface area (Å²) in [5.41, 5.74) is 3.69. The maximum Gasteiger partial charge on any atom is 0.119 e. The van der Waals surface area contributed by atoms with Gasteiger partial charge in [0.1, 0.15) is 5.75 Å². The molecule has 0 fully saturated rings. The predicted octanol–water partition coefficient (Wildman–Crippen LogP) is 7.16. The van der Waals surface area contributed by atoms with Gasteiger partial charge in [0.2, 0.25) is 0 Å². The number of ether oxygens (including phenoxy) is 1. The summed E-state index contributed by atoms with van der Waals surface area (Å²) in [6, 6.07) is 30.2. The van der Waals surface area contributed by atoms with Crippen LogP contribution in [-0.4, -0.2) is 11.7 Å². The minimum absolute atomic E-state index is 0.895. The first-order valence-corrected chi connectivity index (χ1v) is 10.1. The Morgan fingerprint density at radius 2 is 1.50 bits per heavy atom. The van der Waals surface area contributed by atoms with Crippen molar-refractivity contribution in [2.24, 2.45) is 0 Å². The third-order valence-electron chi connectivity index (χ3n) is 5.49. The van der Waals surface area contributed by atoms with E-state index in [-0.39, 0.29) is 0 Å². The van der Waals surface area contributed by atoms with Gasteiger partial charge in [-0.3, -0.25) is 0 Å². The first-order chi connectivity index (χ1) is 13.8. The van der Waals surface area contributed by atoms with Crippen molar-refractivity contribution in [1.29, 1.82) is 0 Å². The van der Waals surface area contributed by atoms with Crippen molar-refractivity contribution >= 4 is 53.3 Å². The molecule has 0 N–H and O–H groups in total. The van der Waals surface area contributed by atoms with Crippen LogP contribution in [0.1, 0.15) is 0 Å². The van der Waals surface area contributed by atoms with Crippen molar-refractivity contribution in [1.82, 2.24) is 4.57 Å². The van der Waals surface area contributed by atoms with Crippen LogP contribution >= 0.6 is 11.3 Å². The lowest BCUT2D eigenvalue weighted by molar-refractivity contribution is 0.415. The molecule has 134 valence electrons. The maximum absolute atomic E-state index is 5.52. The zero-order chi connectivity index (χ0) is 18.7. The summed E-state index contributed by atoms with van der Waals surface area (Å²) in [6.45, 7) is 0. The Balaban J connectivity index is 1.91. The monoisotopic (exact) mass is 379 g/mol. The van der Waals surface area contributed by atoms with Gasteiger partial charge in [0.05, 0.1) is 18.1 Å². The first kappa shape index (κ1) is 15.7. The van der Waals surface area contributed by atoms with E-state index in [1.165, 1.54) is 47.7 Å². The van der Waals surface area contributed by atoms with E-state index < -0.39 is 0 Å². The molecule has 3 heteroatoms. The summed E-state index contributed by atoms with van der Waals surface area (Å²) in [5, 5.41) is 5.13. The topological polar surface area (TPSA) is 14.2 Å². The average Bonchev–Trinajstić information content (AvgIpc) is 3.29. The van der Waals surface area contributed by atoms with Gasteiger partial charge in [-0.25, -0.2) is 0 Å². The van der Waals surface area contributed by atoms with E-state index in [2.05, 4.69) is 83.4 Å². The number of benzene rings is 4. The predicted molar refractivity (Wildman–Crippen MR) is 120 cm³/mol. The van der Waals surface area contributed by atoms with Gasteiger partial charge in [0.25, 0.3) is 0 Å². The molecule has 0 saturated carbocycles. The lowest BCUT2D eigenvalue weighted by atomic mass is 10.1. The Labute approximate surface area is 166 Å². The molecule has 0 saturated heterocycles. The molecule has 0 atom stereocenters. The highest BCUT2D eigenvalue weighted by Gasteiger charge is 2.17. The molecule has 2 aromatic heterocycles. The quantitative estimate of drug-likeness (QED) is 0.311. The van der Waals surface area contributed by atoms with Gasteiger partial charge in [-0.2, -0.15) is 0 Å². The van der Waals surface area contributed by atoms with Crippen molar-refractivity contribution in [3.05, 3.63) is 84.9 Å². The van der Waals surface area contributed by atoms with Crippen LogP contribution in [-0.2, 0) is 0 Å². The highest BCUT2D eigenvalue weighted by atomic mass is 32.1. The standard InChI is InChI=1S/C25H17NOS/c1-27-17-11-13-22-20(15-17)24-23(28-22)14-12-19-18-9-5-6-10-21(18)26(25(19)24)16-7-3-2-4-8-16/h2-15H,1H3. The lowest BCUT2D eigenvalue weighted by Gasteiger charge is -2.09. The second kappa shape index (κ2) is 5.85. The smallest absolute Gasteiger partial charge is 0.119 e. The largest absolute Gasteiger partial charge is 0.497 e. The van der Waals surface area contributed by atoms with Crippen LogP contribution in [0.15, 0.2) is 84.9 Å². The normalized spacial score (nSPS) is 11.8. The molecule has 2 nitrogen and oxygen atoms in total. The van der Waals surface area contributed by atoms with E-state index in [0.717, 1.165) is 5.75 Å². The van der Waals surface area contributed by atoms with Crippen LogP contribution in [0, 0.1) is 0 Å². The molecule has 4 aromatic carbocycles. The summed E-state index contributed by atoms with van der Waals surface area (Å²) in [7, 11) is 1.73. The van der Waals surface area contributed by atoms with Crippen molar-refractivity contribution in [2.75, 3.05) is 7.11 Å². The molecule has 28 heavy (non-hydrogen) atoms. The van der Waals surface area contributed by atoms with Crippen LogP contribution in [0.3, 0.4) is 0 Å². The summed E-state index contributed by atoms with van der Waals surface area (Å²) in [5.74, 6) is 0.895. The molecule has 0 aliphatic carbocycles. The Hall–Kier alpha value is -3.30. The number of rotatable bonds is 2. The summed E-state index contributed by atoms with van der Waals surface area (Å²) in [6.07, 6.45) is 0. The fraction of sp³-hybridized carbons (Fsp3) is 0.0400.